The fourth-order valence-corrected chi connectivity index (χ4v) is 4.61. The van der Waals surface area contributed by atoms with E-state index in [4.69, 9.17) is 4.74 Å². The molecule has 0 radical (unpaired) electrons. The van der Waals surface area contributed by atoms with E-state index in [9.17, 15) is 14.7 Å². The van der Waals surface area contributed by atoms with Crippen LogP contribution >= 0.6 is 11.3 Å². The summed E-state index contributed by atoms with van der Waals surface area (Å²) in [5.41, 5.74) is 0.633. The van der Waals surface area contributed by atoms with Crippen molar-refractivity contribution >= 4 is 28.8 Å². The van der Waals surface area contributed by atoms with Crippen LogP contribution in [-0.2, 0) is 9.59 Å². The third kappa shape index (κ3) is 4.42. The number of carbonyl (C=O) groups is 2. The molecule has 30 heavy (non-hydrogen) atoms. The molecule has 2 aromatic rings. The van der Waals surface area contributed by atoms with Gasteiger partial charge in [-0.25, -0.2) is 0 Å². The van der Waals surface area contributed by atoms with Crippen LogP contribution in [0.1, 0.15) is 36.8 Å². The maximum absolute atomic E-state index is 12.9. The number of aliphatic hydroxyl groups is 1. The summed E-state index contributed by atoms with van der Waals surface area (Å²) in [7, 11) is 1.56. The lowest BCUT2D eigenvalue weighted by molar-refractivity contribution is -0.139. The second-order valence-electron chi connectivity index (χ2n) is 7.12. The maximum Gasteiger partial charge on any atom is 0.295 e. The van der Waals surface area contributed by atoms with Crippen molar-refractivity contribution in [1.29, 1.82) is 0 Å². The zero-order chi connectivity index (χ0) is 21.7. The van der Waals surface area contributed by atoms with E-state index in [1.54, 1.807) is 36.3 Å². The molecular weight excluding hydrogens is 400 g/mol. The van der Waals surface area contributed by atoms with Crippen LogP contribution in [0.25, 0.3) is 5.76 Å². The van der Waals surface area contributed by atoms with Gasteiger partial charge in [-0.05, 0) is 61.8 Å². The minimum Gasteiger partial charge on any atom is -0.507 e. The van der Waals surface area contributed by atoms with Crippen molar-refractivity contribution in [3.05, 3.63) is 57.8 Å². The Morgan fingerprint density at radius 2 is 1.87 bits per heavy atom. The molecule has 1 aliphatic heterocycles. The van der Waals surface area contributed by atoms with Gasteiger partial charge in [0.05, 0.1) is 18.7 Å². The van der Waals surface area contributed by atoms with E-state index >= 15 is 0 Å². The molecule has 3 rings (SSSR count). The molecule has 0 saturated carbocycles. The molecule has 160 valence electrons. The molecule has 0 unspecified atom stereocenters. The lowest BCUT2D eigenvalue weighted by atomic mass is 10.00. The number of Topliss-reactive ketones (excluding diaryl/α,β-unsaturated/α-hetero) is 1. The number of ketones is 1. The van der Waals surface area contributed by atoms with E-state index in [0.29, 0.717) is 17.9 Å². The second kappa shape index (κ2) is 9.91. The number of thiophene rings is 1. The fraction of sp³-hybridized carbons (Fsp3) is 0.391. The molecule has 1 atom stereocenters. The number of amides is 1. The summed E-state index contributed by atoms with van der Waals surface area (Å²) in [4.78, 5) is 30.6. The second-order valence-corrected chi connectivity index (χ2v) is 8.10. The Morgan fingerprint density at radius 3 is 2.43 bits per heavy atom. The standard InChI is InChI=1S/C23H28N2O4S/c1-4-24(5-2)13-7-14-25-20(18-8-6-15-30-18)19(22(27)23(25)28)21(26)16-9-11-17(29-3)12-10-16/h6,8-12,15,20,26H,4-5,7,13-14H2,1-3H3/b21-19+/t20-/m1/s1. The van der Waals surface area contributed by atoms with Gasteiger partial charge in [0.25, 0.3) is 11.7 Å². The summed E-state index contributed by atoms with van der Waals surface area (Å²) < 4.78 is 5.16. The number of hydrogen-bond acceptors (Lipinski definition) is 6. The van der Waals surface area contributed by atoms with Gasteiger partial charge in [0.15, 0.2) is 0 Å². The number of benzene rings is 1. The molecule has 6 nitrogen and oxygen atoms in total. The van der Waals surface area contributed by atoms with Crippen LogP contribution in [0.5, 0.6) is 5.75 Å². The number of nitrogens with zero attached hydrogens (tertiary/aromatic N) is 2. The average molecular weight is 429 g/mol. The van der Waals surface area contributed by atoms with Crippen LogP contribution in [-0.4, -0.2) is 59.9 Å². The first-order valence-electron chi connectivity index (χ1n) is 10.2. The summed E-state index contributed by atoms with van der Waals surface area (Å²) in [5.74, 6) is -0.688. The Balaban J connectivity index is 1.95. The smallest absolute Gasteiger partial charge is 0.295 e. The molecule has 1 saturated heterocycles. The van der Waals surface area contributed by atoms with Crippen molar-refractivity contribution in [2.75, 3.05) is 33.3 Å². The van der Waals surface area contributed by atoms with Gasteiger partial charge in [-0.3, -0.25) is 9.59 Å². The zero-order valence-corrected chi connectivity index (χ0v) is 18.4. The van der Waals surface area contributed by atoms with Crippen LogP contribution in [0.2, 0.25) is 0 Å². The molecule has 1 aromatic heterocycles. The molecule has 1 fully saturated rings. The predicted molar refractivity (Wildman–Crippen MR) is 119 cm³/mol. The number of aliphatic hydroxyl groups excluding tert-OH is 1. The van der Waals surface area contributed by atoms with Crippen LogP contribution in [0.3, 0.4) is 0 Å². The van der Waals surface area contributed by atoms with E-state index < -0.39 is 17.7 Å². The Morgan fingerprint density at radius 1 is 1.17 bits per heavy atom. The molecular formula is C23H28N2O4S. The number of likely N-dealkylation sites (tertiary alicyclic amines) is 1. The molecule has 0 bridgehead atoms. The van der Waals surface area contributed by atoms with Gasteiger partial charge in [-0.2, -0.15) is 0 Å². The summed E-state index contributed by atoms with van der Waals surface area (Å²) >= 11 is 1.48. The van der Waals surface area contributed by atoms with Crippen LogP contribution < -0.4 is 4.74 Å². The Labute approximate surface area is 181 Å². The zero-order valence-electron chi connectivity index (χ0n) is 17.6. The molecule has 7 heteroatoms. The SMILES string of the molecule is CCN(CC)CCCN1C(=O)C(=O)/C(=C(/O)c2ccc(OC)cc2)[C@H]1c1cccs1. The number of hydrogen-bond donors (Lipinski definition) is 1. The van der Waals surface area contributed by atoms with E-state index in [-0.39, 0.29) is 11.3 Å². The average Bonchev–Trinajstić information content (AvgIpc) is 3.38. The lowest BCUT2D eigenvalue weighted by Crippen LogP contribution is -2.33. The van der Waals surface area contributed by atoms with Crippen LogP contribution in [0, 0.1) is 0 Å². The first-order valence-corrected chi connectivity index (χ1v) is 11.1. The van der Waals surface area contributed by atoms with Gasteiger partial charge in [-0.1, -0.05) is 19.9 Å². The van der Waals surface area contributed by atoms with Crippen LogP contribution in [0.15, 0.2) is 47.4 Å². The normalized spacial score (nSPS) is 18.4. The van der Waals surface area contributed by atoms with Gasteiger partial charge >= 0.3 is 0 Å². The van der Waals surface area contributed by atoms with Gasteiger partial charge < -0.3 is 19.6 Å². The van der Waals surface area contributed by atoms with Crippen molar-refractivity contribution in [3.8, 4) is 5.75 Å². The Bertz CT molecular complexity index is 902. The van der Waals surface area contributed by atoms with E-state index in [2.05, 4.69) is 18.7 Å². The third-order valence-electron chi connectivity index (χ3n) is 5.48. The molecule has 1 amide bonds. The highest BCUT2D eigenvalue weighted by molar-refractivity contribution is 7.10. The molecule has 2 heterocycles. The summed E-state index contributed by atoms with van der Waals surface area (Å²) in [5, 5.41) is 12.9. The quantitative estimate of drug-likeness (QED) is 0.373. The van der Waals surface area contributed by atoms with E-state index in [1.165, 1.54) is 11.3 Å². The number of rotatable bonds is 9. The molecule has 0 spiro atoms. The third-order valence-corrected chi connectivity index (χ3v) is 6.41. The first-order chi connectivity index (χ1) is 14.5. The summed E-state index contributed by atoms with van der Waals surface area (Å²) in [6.07, 6.45) is 0.763. The maximum atomic E-state index is 12.9. The molecule has 1 N–H and O–H groups in total. The predicted octanol–water partition coefficient (Wildman–Crippen LogP) is 3.91. The lowest BCUT2D eigenvalue weighted by Gasteiger charge is -2.25. The topological polar surface area (TPSA) is 70.1 Å². The summed E-state index contributed by atoms with van der Waals surface area (Å²) in [6, 6.07) is 10.0. The van der Waals surface area contributed by atoms with Gasteiger partial charge in [0.1, 0.15) is 11.5 Å². The number of ether oxygens (including phenoxy) is 1. The van der Waals surface area contributed by atoms with Crippen molar-refractivity contribution in [1.82, 2.24) is 9.80 Å². The fourth-order valence-electron chi connectivity index (χ4n) is 3.76. The first kappa shape index (κ1) is 22.1. The van der Waals surface area contributed by atoms with Gasteiger partial charge in [0, 0.05) is 17.0 Å². The monoisotopic (exact) mass is 428 g/mol. The molecule has 0 aliphatic carbocycles. The Hall–Kier alpha value is -2.64. The van der Waals surface area contributed by atoms with E-state index in [0.717, 1.165) is 30.9 Å². The number of carbonyl (C=O) groups excluding carboxylic acids is 2. The summed E-state index contributed by atoms with van der Waals surface area (Å²) in [6.45, 7) is 7.42. The number of methoxy groups -OCH3 is 1. The molecule has 1 aliphatic rings. The largest absolute Gasteiger partial charge is 0.507 e. The highest BCUT2D eigenvalue weighted by atomic mass is 32.1. The van der Waals surface area contributed by atoms with Gasteiger partial charge in [0.2, 0.25) is 0 Å². The van der Waals surface area contributed by atoms with Crippen molar-refractivity contribution in [3.63, 3.8) is 0 Å². The van der Waals surface area contributed by atoms with Crippen LogP contribution in [0.4, 0.5) is 0 Å². The molecule has 1 aromatic carbocycles. The highest BCUT2D eigenvalue weighted by Gasteiger charge is 2.46. The van der Waals surface area contributed by atoms with E-state index in [1.807, 2.05) is 17.5 Å². The van der Waals surface area contributed by atoms with Crippen molar-refractivity contribution < 1.29 is 19.4 Å². The van der Waals surface area contributed by atoms with Gasteiger partial charge in [-0.15, -0.1) is 11.3 Å². The highest BCUT2D eigenvalue weighted by Crippen LogP contribution is 2.41. The van der Waals surface area contributed by atoms with Crippen molar-refractivity contribution in [2.45, 2.75) is 26.3 Å². The Kier molecular flexibility index (Phi) is 7.29. The van der Waals surface area contributed by atoms with Crippen molar-refractivity contribution in [2.24, 2.45) is 0 Å². The minimum absolute atomic E-state index is 0.149. The minimum atomic E-state index is -0.635.